The third-order valence-electron chi connectivity index (χ3n) is 6.26. The molecule has 1 aromatic heterocycles. The average molecular weight is 417 g/mol. The van der Waals surface area contributed by atoms with E-state index in [0.29, 0.717) is 29.8 Å². The average Bonchev–Trinajstić information content (AvgIpc) is 3.25. The minimum Gasteiger partial charge on any atom is -0.496 e. The van der Waals surface area contributed by atoms with Crippen LogP contribution in [-0.2, 0) is 11.3 Å². The van der Waals surface area contributed by atoms with E-state index in [1.165, 1.54) is 7.11 Å². The maximum Gasteiger partial charge on any atom is 0.173 e. The zero-order valence-corrected chi connectivity index (χ0v) is 17.4. The number of hydrogen-bond donors (Lipinski definition) is 0. The van der Waals surface area contributed by atoms with Crippen molar-refractivity contribution in [2.24, 2.45) is 11.8 Å². The second-order valence-electron chi connectivity index (χ2n) is 8.13. The van der Waals surface area contributed by atoms with Crippen LogP contribution in [0.15, 0.2) is 54.7 Å². The lowest BCUT2D eigenvalue weighted by molar-refractivity contribution is -0.0894. The van der Waals surface area contributed by atoms with Crippen molar-refractivity contribution < 1.29 is 19.1 Å². The molecular formula is C24H23N3O4. The molecule has 1 aliphatic heterocycles. The molecule has 0 N–H and O–H groups in total. The van der Waals surface area contributed by atoms with Crippen LogP contribution < -0.4 is 4.74 Å². The molecule has 2 aliphatic rings. The number of carbonyl (C=O) groups is 2. The number of nitrogens with zero attached hydrogens (tertiary/aromatic N) is 3. The Kier molecular flexibility index (Phi) is 4.90. The zero-order valence-electron chi connectivity index (χ0n) is 17.4. The predicted octanol–water partition coefficient (Wildman–Crippen LogP) is 3.44. The number of ether oxygens (including phenoxy) is 2. The molecule has 31 heavy (non-hydrogen) atoms. The lowest BCUT2D eigenvalue weighted by atomic mass is 9.68. The van der Waals surface area contributed by atoms with Crippen LogP contribution in [0.3, 0.4) is 0 Å². The van der Waals surface area contributed by atoms with Crippen molar-refractivity contribution in [2.45, 2.75) is 32.1 Å². The van der Waals surface area contributed by atoms with Crippen molar-refractivity contribution in [3.05, 3.63) is 65.9 Å². The standard InChI is InChI=1S/C24H23N3O4/c1-14-21-18(23(28)17-9-6-10-20(30-2)22(17)24(21)29)11-16(31-14)12-27-13-19(25-26-27)15-7-4-3-5-8-15/h3-10,13-14,16,18,21H,11-12H2,1-2H3/t14-,16-,18?,21?/m1/s1. The number of methoxy groups -OCH3 is 1. The van der Waals surface area contributed by atoms with E-state index >= 15 is 0 Å². The van der Waals surface area contributed by atoms with Gasteiger partial charge in [-0.2, -0.15) is 0 Å². The molecule has 2 aromatic carbocycles. The van der Waals surface area contributed by atoms with Crippen molar-refractivity contribution in [3.63, 3.8) is 0 Å². The van der Waals surface area contributed by atoms with Crippen LogP contribution >= 0.6 is 0 Å². The minimum atomic E-state index is -0.497. The Bertz CT molecular complexity index is 1140. The minimum absolute atomic E-state index is 0.0118. The van der Waals surface area contributed by atoms with Gasteiger partial charge in [-0.1, -0.05) is 47.7 Å². The van der Waals surface area contributed by atoms with Gasteiger partial charge in [-0.15, -0.1) is 5.10 Å². The van der Waals surface area contributed by atoms with Crippen molar-refractivity contribution in [1.29, 1.82) is 0 Å². The molecule has 1 aliphatic carbocycles. The first-order valence-electron chi connectivity index (χ1n) is 10.4. The van der Waals surface area contributed by atoms with Crippen molar-refractivity contribution in [3.8, 4) is 17.0 Å². The number of ketones is 2. The van der Waals surface area contributed by atoms with E-state index < -0.39 is 11.8 Å². The van der Waals surface area contributed by atoms with Crippen LogP contribution in [0.25, 0.3) is 11.3 Å². The van der Waals surface area contributed by atoms with E-state index in [2.05, 4.69) is 10.3 Å². The number of carbonyl (C=O) groups excluding carboxylic acids is 2. The largest absolute Gasteiger partial charge is 0.496 e. The summed E-state index contributed by atoms with van der Waals surface area (Å²) in [5.41, 5.74) is 2.61. The fourth-order valence-corrected chi connectivity index (χ4v) is 4.85. The fraction of sp³-hybridized carbons (Fsp3) is 0.333. The molecule has 1 saturated heterocycles. The summed E-state index contributed by atoms with van der Waals surface area (Å²) in [5, 5.41) is 8.48. The summed E-state index contributed by atoms with van der Waals surface area (Å²) >= 11 is 0. The van der Waals surface area contributed by atoms with Crippen LogP contribution in [0.1, 0.15) is 34.1 Å². The summed E-state index contributed by atoms with van der Waals surface area (Å²) in [6.07, 6.45) is 1.74. The summed E-state index contributed by atoms with van der Waals surface area (Å²) in [6, 6.07) is 15.0. The second-order valence-corrected chi connectivity index (χ2v) is 8.13. The maximum atomic E-state index is 13.3. The maximum absolute atomic E-state index is 13.3. The zero-order chi connectivity index (χ0) is 21.5. The Morgan fingerprint density at radius 3 is 2.68 bits per heavy atom. The Hall–Kier alpha value is -3.32. The number of rotatable bonds is 4. The Labute approximate surface area is 180 Å². The highest BCUT2D eigenvalue weighted by Crippen LogP contribution is 2.42. The number of Topliss-reactive ketones (excluding diaryl/α,β-unsaturated/α-hetero) is 2. The van der Waals surface area contributed by atoms with E-state index in [4.69, 9.17) is 9.47 Å². The predicted molar refractivity (Wildman–Crippen MR) is 113 cm³/mol. The van der Waals surface area contributed by atoms with Crippen LogP contribution in [0.4, 0.5) is 0 Å². The summed E-state index contributed by atoms with van der Waals surface area (Å²) in [7, 11) is 1.51. The molecule has 1 fully saturated rings. The molecule has 2 heterocycles. The third-order valence-corrected chi connectivity index (χ3v) is 6.26. The van der Waals surface area contributed by atoms with E-state index in [1.54, 1.807) is 22.9 Å². The Balaban J connectivity index is 1.39. The molecule has 0 radical (unpaired) electrons. The first kappa shape index (κ1) is 19.6. The number of benzene rings is 2. The molecule has 0 spiro atoms. The van der Waals surface area contributed by atoms with Gasteiger partial charge in [0.05, 0.1) is 43.5 Å². The van der Waals surface area contributed by atoms with E-state index in [9.17, 15) is 9.59 Å². The molecule has 0 bridgehead atoms. The summed E-state index contributed by atoms with van der Waals surface area (Å²) < 4.78 is 13.3. The quantitative estimate of drug-likeness (QED) is 0.647. The first-order valence-corrected chi connectivity index (χ1v) is 10.4. The highest BCUT2D eigenvalue weighted by Gasteiger charge is 2.49. The van der Waals surface area contributed by atoms with Gasteiger partial charge in [0.15, 0.2) is 11.6 Å². The van der Waals surface area contributed by atoms with Crippen LogP contribution in [0.5, 0.6) is 5.75 Å². The molecule has 7 heteroatoms. The second kappa shape index (κ2) is 7.74. The summed E-state index contributed by atoms with van der Waals surface area (Å²) in [5.74, 6) is -0.543. The lowest BCUT2D eigenvalue weighted by Crippen LogP contribution is -2.50. The van der Waals surface area contributed by atoms with Gasteiger partial charge in [-0.05, 0) is 19.4 Å². The summed E-state index contributed by atoms with van der Waals surface area (Å²) in [4.78, 5) is 26.6. The molecule has 3 aromatic rings. The van der Waals surface area contributed by atoms with Gasteiger partial charge in [0.2, 0.25) is 0 Å². The number of hydrogen-bond acceptors (Lipinski definition) is 6. The van der Waals surface area contributed by atoms with Gasteiger partial charge in [-0.25, -0.2) is 4.68 Å². The molecule has 0 saturated carbocycles. The van der Waals surface area contributed by atoms with Gasteiger partial charge >= 0.3 is 0 Å². The van der Waals surface area contributed by atoms with Gasteiger partial charge in [0, 0.05) is 17.0 Å². The highest BCUT2D eigenvalue weighted by molar-refractivity contribution is 6.17. The Morgan fingerprint density at radius 2 is 1.90 bits per heavy atom. The van der Waals surface area contributed by atoms with E-state index in [-0.39, 0.29) is 23.8 Å². The lowest BCUT2D eigenvalue weighted by Gasteiger charge is -2.42. The SMILES string of the molecule is COc1cccc2c1C(=O)C1C(C[C@H](Cn3cc(-c4ccccc4)nn3)O[C@@H]1C)C2=O. The van der Waals surface area contributed by atoms with E-state index in [0.717, 1.165) is 11.3 Å². The molecular weight excluding hydrogens is 394 g/mol. The van der Waals surface area contributed by atoms with Crippen LogP contribution in [-0.4, -0.2) is 45.9 Å². The van der Waals surface area contributed by atoms with Crippen molar-refractivity contribution in [2.75, 3.05) is 7.11 Å². The molecule has 2 unspecified atom stereocenters. The summed E-state index contributed by atoms with van der Waals surface area (Å²) in [6.45, 7) is 2.34. The van der Waals surface area contributed by atoms with Crippen LogP contribution in [0.2, 0.25) is 0 Å². The molecule has 0 amide bonds. The van der Waals surface area contributed by atoms with Crippen LogP contribution in [0, 0.1) is 11.8 Å². The highest BCUT2D eigenvalue weighted by atomic mass is 16.5. The van der Waals surface area contributed by atoms with E-state index in [1.807, 2.05) is 43.5 Å². The molecule has 158 valence electrons. The number of aromatic nitrogens is 3. The first-order chi connectivity index (χ1) is 15.1. The number of fused-ring (bicyclic) bond motifs is 2. The normalized spacial score (nSPS) is 25.1. The van der Waals surface area contributed by atoms with Gasteiger partial charge in [-0.3, -0.25) is 9.59 Å². The Morgan fingerprint density at radius 1 is 1.10 bits per heavy atom. The van der Waals surface area contributed by atoms with Gasteiger partial charge in [0.25, 0.3) is 0 Å². The molecule has 7 nitrogen and oxygen atoms in total. The fourth-order valence-electron chi connectivity index (χ4n) is 4.85. The van der Waals surface area contributed by atoms with Gasteiger partial charge < -0.3 is 9.47 Å². The smallest absolute Gasteiger partial charge is 0.173 e. The monoisotopic (exact) mass is 417 g/mol. The topological polar surface area (TPSA) is 83.3 Å². The van der Waals surface area contributed by atoms with Gasteiger partial charge in [0.1, 0.15) is 11.4 Å². The van der Waals surface area contributed by atoms with Crippen molar-refractivity contribution in [1.82, 2.24) is 15.0 Å². The molecule has 5 rings (SSSR count). The van der Waals surface area contributed by atoms with Crippen molar-refractivity contribution >= 4 is 11.6 Å². The molecule has 4 atom stereocenters. The third kappa shape index (κ3) is 3.35.